The van der Waals surface area contributed by atoms with Gasteiger partial charge in [0.2, 0.25) is 0 Å². The molecule has 116 valence electrons. The number of carbonyl (C=O) groups is 1. The molecule has 0 saturated heterocycles. The zero-order chi connectivity index (χ0) is 16.2. The number of sulfonamides is 1. The summed E-state index contributed by atoms with van der Waals surface area (Å²) in [6.45, 7) is 0.274. The summed E-state index contributed by atoms with van der Waals surface area (Å²) in [5, 5.41) is 8.83. The average molecular weight is 321 g/mol. The molecule has 0 spiro atoms. The summed E-state index contributed by atoms with van der Waals surface area (Å²) in [6, 6.07) is 11.9. The fourth-order valence-corrected chi connectivity index (χ4v) is 2.98. The number of carboxylic acids is 1. The highest BCUT2D eigenvalue weighted by Gasteiger charge is 2.16. The Labute approximate surface area is 128 Å². The number of rotatable bonds is 6. The van der Waals surface area contributed by atoms with E-state index >= 15 is 0 Å². The number of ether oxygens (including phenoxy) is 1. The first kappa shape index (κ1) is 16.0. The van der Waals surface area contributed by atoms with Crippen molar-refractivity contribution in [3.8, 4) is 0 Å². The lowest BCUT2D eigenvalue weighted by Crippen LogP contribution is -2.14. The molecule has 2 aromatic rings. The third-order valence-corrected chi connectivity index (χ3v) is 4.35. The summed E-state index contributed by atoms with van der Waals surface area (Å²) >= 11 is 0. The molecule has 7 heteroatoms. The second-order valence-corrected chi connectivity index (χ2v) is 6.21. The van der Waals surface area contributed by atoms with Gasteiger partial charge in [-0.25, -0.2) is 13.2 Å². The number of aromatic carboxylic acids is 1. The summed E-state index contributed by atoms with van der Waals surface area (Å²) < 4.78 is 32.2. The molecule has 0 radical (unpaired) electrons. The molecule has 2 aromatic carbocycles. The second-order valence-electron chi connectivity index (χ2n) is 4.53. The lowest BCUT2D eigenvalue weighted by Gasteiger charge is -2.12. The highest BCUT2D eigenvalue weighted by atomic mass is 32.2. The molecule has 6 nitrogen and oxygen atoms in total. The minimum absolute atomic E-state index is 0.00952. The van der Waals surface area contributed by atoms with E-state index in [0.29, 0.717) is 11.3 Å². The monoisotopic (exact) mass is 321 g/mol. The highest BCUT2D eigenvalue weighted by molar-refractivity contribution is 7.92. The molecule has 0 aliphatic carbocycles. The van der Waals surface area contributed by atoms with Crippen LogP contribution in [0.1, 0.15) is 15.9 Å². The van der Waals surface area contributed by atoms with Crippen molar-refractivity contribution in [3.63, 3.8) is 0 Å². The molecule has 0 amide bonds. The number of hydrogen-bond acceptors (Lipinski definition) is 4. The molecule has 2 N–H and O–H groups in total. The molecule has 0 aromatic heterocycles. The summed E-state index contributed by atoms with van der Waals surface area (Å²) in [4.78, 5) is 10.8. The molecule has 0 aliphatic heterocycles. The fourth-order valence-electron chi connectivity index (χ4n) is 1.88. The van der Waals surface area contributed by atoms with E-state index in [1.165, 1.54) is 31.4 Å². The molecule has 0 heterocycles. The minimum Gasteiger partial charge on any atom is -0.478 e. The van der Waals surface area contributed by atoms with E-state index in [0.717, 1.165) is 0 Å². The van der Waals surface area contributed by atoms with Crippen LogP contribution in [0.5, 0.6) is 0 Å². The molecule has 2 rings (SSSR count). The first-order valence-corrected chi connectivity index (χ1v) is 7.85. The standard InChI is InChI=1S/C15H15NO5S/c1-21-10-12-4-2-3-5-14(12)16-22(19,20)13-8-6-11(7-9-13)15(17)18/h2-9,16H,10H2,1H3,(H,17,18). The van der Waals surface area contributed by atoms with Crippen LogP contribution in [0, 0.1) is 0 Å². The van der Waals surface area contributed by atoms with Crippen LogP contribution in [-0.4, -0.2) is 26.6 Å². The van der Waals surface area contributed by atoms with Crippen molar-refractivity contribution in [2.24, 2.45) is 0 Å². The lowest BCUT2D eigenvalue weighted by atomic mass is 10.2. The Hall–Kier alpha value is -2.38. The normalized spacial score (nSPS) is 11.1. The number of benzene rings is 2. The van der Waals surface area contributed by atoms with Crippen LogP contribution in [0.25, 0.3) is 0 Å². The Kier molecular flexibility index (Phi) is 4.79. The van der Waals surface area contributed by atoms with Crippen LogP contribution in [-0.2, 0) is 21.4 Å². The van der Waals surface area contributed by atoms with Gasteiger partial charge in [0.1, 0.15) is 0 Å². The molecule has 0 aliphatic rings. The molecule has 0 fully saturated rings. The van der Waals surface area contributed by atoms with E-state index in [1.807, 2.05) is 0 Å². The maximum absolute atomic E-state index is 12.3. The van der Waals surface area contributed by atoms with Crippen LogP contribution in [0.3, 0.4) is 0 Å². The van der Waals surface area contributed by atoms with Crippen molar-refractivity contribution in [1.82, 2.24) is 0 Å². The van der Waals surface area contributed by atoms with Gasteiger partial charge in [0.15, 0.2) is 0 Å². The van der Waals surface area contributed by atoms with Crippen molar-refractivity contribution in [2.75, 3.05) is 11.8 Å². The number of para-hydroxylation sites is 1. The van der Waals surface area contributed by atoms with Crippen molar-refractivity contribution in [2.45, 2.75) is 11.5 Å². The summed E-state index contributed by atoms with van der Waals surface area (Å²) in [7, 11) is -2.27. The van der Waals surface area contributed by atoms with Crippen LogP contribution in [0.15, 0.2) is 53.4 Å². The van der Waals surface area contributed by atoms with Gasteiger partial charge in [-0.3, -0.25) is 4.72 Å². The first-order valence-electron chi connectivity index (χ1n) is 6.37. The van der Waals surface area contributed by atoms with Crippen molar-refractivity contribution in [3.05, 3.63) is 59.7 Å². The Balaban J connectivity index is 2.30. The van der Waals surface area contributed by atoms with Crippen LogP contribution < -0.4 is 4.72 Å². The topological polar surface area (TPSA) is 92.7 Å². The zero-order valence-corrected chi connectivity index (χ0v) is 12.6. The van der Waals surface area contributed by atoms with Crippen LogP contribution >= 0.6 is 0 Å². The van der Waals surface area contributed by atoms with E-state index in [4.69, 9.17) is 9.84 Å². The summed E-state index contributed by atoms with van der Waals surface area (Å²) in [5.74, 6) is -1.11. The zero-order valence-electron chi connectivity index (χ0n) is 11.8. The lowest BCUT2D eigenvalue weighted by molar-refractivity contribution is 0.0696. The number of carboxylic acid groups (broad SMARTS) is 1. The molecule has 0 unspecified atom stereocenters. The van der Waals surface area contributed by atoms with Gasteiger partial charge < -0.3 is 9.84 Å². The molecular formula is C15H15NO5S. The number of nitrogens with one attached hydrogen (secondary N) is 1. The molecule has 0 saturated carbocycles. The minimum atomic E-state index is -3.80. The maximum atomic E-state index is 12.3. The van der Waals surface area contributed by atoms with Crippen LogP contribution in [0.2, 0.25) is 0 Å². The van der Waals surface area contributed by atoms with Crippen molar-refractivity contribution >= 4 is 21.7 Å². The van der Waals surface area contributed by atoms with Gasteiger partial charge >= 0.3 is 5.97 Å². The van der Waals surface area contributed by atoms with Gasteiger partial charge in [-0.2, -0.15) is 0 Å². The van der Waals surface area contributed by atoms with Crippen molar-refractivity contribution < 1.29 is 23.1 Å². The summed E-state index contributed by atoms with van der Waals surface area (Å²) in [6.07, 6.45) is 0. The van der Waals surface area contributed by atoms with E-state index in [1.54, 1.807) is 24.3 Å². The Morgan fingerprint density at radius 3 is 2.36 bits per heavy atom. The molecule has 0 atom stereocenters. The van der Waals surface area contributed by atoms with E-state index < -0.39 is 16.0 Å². The van der Waals surface area contributed by atoms with Gasteiger partial charge in [-0.15, -0.1) is 0 Å². The largest absolute Gasteiger partial charge is 0.478 e. The average Bonchev–Trinajstić information content (AvgIpc) is 2.49. The first-order chi connectivity index (χ1) is 10.4. The van der Waals surface area contributed by atoms with Gasteiger partial charge in [0.05, 0.1) is 22.8 Å². The smallest absolute Gasteiger partial charge is 0.335 e. The maximum Gasteiger partial charge on any atom is 0.335 e. The molecular weight excluding hydrogens is 306 g/mol. The highest BCUT2D eigenvalue weighted by Crippen LogP contribution is 2.21. The van der Waals surface area contributed by atoms with E-state index in [-0.39, 0.29) is 17.1 Å². The van der Waals surface area contributed by atoms with Crippen molar-refractivity contribution in [1.29, 1.82) is 0 Å². The number of methoxy groups -OCH3 is 1. The Morgan fingerprint density at radius 2 is 1.77 bits per heavy atom. The third-order valence-electron chi connectivity index (χ3n) is 2.97. The van der Waals surface area contributed by atoms with Gasteiger partial charge in [0.25, 0.3) is 10.0 Å². The van der Waals surface area contributed by atoms with Gasteiger partial charge in [-0.05, 0) is 30.3 Å². The Bertz CT molecular complexity index is 769. The molecule has 0 bridgehead atoms. The number of hydrogen-bond donors (Lipinski definition) is 2. The van der Waals surface area contributed by atoms with E-state index in [2.05, 4.69) is 4.72 Å². The third kappa shape index (κ3) is 3.63. The predicted molar refractivity (Wildman–Crippen MR) is 81.4 cm³/mol. The van der Waals surface area contributed by atoms with Crippen LogP contribution in [0.4, 0.5) is 5.69 Å². The summed E-state index contributed by atoms with van der Waals surface area (Å²) in [5.41, 5.74) is 1.15. The quantitative estimate of drug-likeness (QED) is 0.852. The fraction of sp³-hybridized carbons (Fsp3) is 0.133. The van der Waals surface area contributed by atoms with Gasteiger partial charge in [0, 0.05) is 12.7 Å². The van der Waals surface area contributed by atoms with Gasteiger partial charge in [-0.1, -0.05) is 18.2 Å². The SMILES string of the molecule is COCc1ccccc1NS(=O)(=O)c1ccc(C(=O)O)cc1. The number of anilines is 1. The second kappa shape index (κ2) is 6.59. The molecule has 22 heavy (non-hydrogen) atoms. The van der Waals surface area contributed by atoms with E-state index in [9.17, 15) is 13.2 Å². The Morgan fingerprint density at radius 1 is 1.14 bits per heavy atom. The predicted octanol–water partition coefficient (Wildman–Crippen LogP) is 2.33.